The van der Waals surface area contributed by atoms with Gasteiger partial charge in [0.2, 0.25) is 0 Å². The van der Waals surface area contributed by atoms with Crippen LogP contribution in [0.15, 0.2) is 18.2 Å². The van der Waals surface area contributed by atoms with E-state index in [0.29, 0.717) is 37.0 Å². The fourth-order valence-electron chi connectivity index (χ4n) is 3.03. The van der Waals surface area contributed by atoms with Gasteiger partial charge in [0.25, 0.3) is 0 Å². The molecule has 6 nitrogen and oxygen atoms in total. The Balaban J connectivity index is 1.92. The van der Waals surface area contributed by atoms with E-state index in [9.17, 15) is 14.7 Å². The summed E-state index contributed by atoms with van der Waals surface area (Å²) in [5, 5.41) is 10.2. The fraction of sp³-hybridized carbons (Fsp3) is 0.474. The summed E-state index contributed by atoms with van der Waals surface area (Å²) in [7, 11) is 1.49. The van der Waals surface area contributed by atoms with Gasteiger partial charge in [-0.15, -0.1) is 0 Å². The van der Waals surface area contributed by atoms with E-state index < -0.39 is 5.97 Å². The summed E-state index contributed by atoms with van der Waals surface area (Å²) in [6.07, 6.45) is 5.00. The van der Waals surface area contributed by atoms with E-state index in [2.05, 4.69) is 0 Å². The Labute approximate surface area is 146 Å². The van der Waals surface area contributed by atoms with Gasteiger partial charge in [0.05, 0.1) is 19.3 Å². The van der Waals surface area contributed by atoms with Gasteiger partial charge < -0.3 is 19.3 Å². The molecule has 1 N–H and O–H groups in total. The van der Waals surface area contributed by atoms with Gasteiger partial charge >= 0.3 is 5.97 Å². The first-order valence-corrected chi connectivity index (χ1v) is 8.46. The van der Waals surface area contributed by atoms with Crippen LogP contribution in [0.5, 0.6) is 11.5 Å². The molecule has 2 aliphatic rings. The van der Waals surface area contributed by atoms with Crippen molar-refractivity contribution < 1.29 is 28.9 Å². The number of methoxy groups -OCH3 is 1. The van der Waals surface area contributed by atoms with Crippen molar-refractivity contribution >= 4 is 17.8 Å². The van der Waals surface area contributed by atoms with Crippen LogP contribution < -0.4 is 4.74 Å². The maximum Gasteiger partial charge on any atom is 0.342 e. The average Bonchev–Trinajstić information content (AvgIpc) is 3.33. The van der Waals surface area contributed by atoms with Crippen molar-refractivity contribution in [1.82, 2.24) is 0 Å². The molecule has 0 aliphatic carbocycles. The minimum absolute atomic E-state index is 0.0984. The monoisotopic (exact) mass is 346 g/mol. The molecule has 0 aromatic heterocycles. The van der Waals surface area contributed by atoms with Gasteiger partial charge in [0.1, 0.15) is 23.2 Å². The van der Waals surface area contributed by atoms with Gasteiger partial charge in [-0.3, -0.25) is 4.79 Å². The number of epoxide rings is 1. The number of phenols is 1. The highest BCUT2D eigenvalue weighted by Crippen LogP contribution is 2.32. The summed E-state index contributed by atoms with van der Waals surface area (Å²) in [5.74, 6) is -0.220. The average molecular weight is 346 g/mol. The van der Waals surface area contributed by atoms with E-state index >= 15 is 0 Å². The van der Waals surface area contributed by atoms with Gasteiger partial charge in [-0.1, -0.05) is 12.2 Å². The molecule has 1 saturated heterocycles. The van der Waals surface area contributed by atoms with Crippen LogP contribution in [-0.2, 0) is 14.3 Å². The van der Waals surface area contributed by atoms with E-state index in [0.717, 1.165) is 0 Å². The lowest BCUT2D eigenvalue weighted by Gasteiger charge is -2.16. The van der Waals surface area contributed by atoms with E-state index in [1.54, 1.807) is 19.1 Å². The highest BCUT2D eigenvalue weighted by molar-refractivity contribution is 5.97. The van der Waals surface area contributed by atoms with Crippen LogP contribution >= 0.6 is 0 Å². The number of hydrogen-bond donors (Lipinski definition) is 1. The largest absolute Gasteiger partial charge is 0.507 e. The minimum atomic E-state index is -0.587. The maximum atomic E-state index is 12.5. The quantitative estimate of drug-likeness (QED) is 0.622. The third kappa shape index (κ3) is 4.02. The number of rotatable bonds is 1. The smallest absolute Gasteiger partial charge is 0.342 e. The molecular weight excluding hydrogens is 324 g/mol. The van der Waals surface area contributed by atoms with Crippen LogP contribution in [0.3, 0.4) is 0 Å². The van der Waals surface area contributed by atoms with Crippen molar-refractivity contribution in [2.24, 2.45) is 0 Å². The molecule has 1 fully saturated rings. The molecule has 2 aliphatic heterocycles. The Morgan fingerprint density at radius 3 is 2.84 bits per heavy atom. The molecule has 0 spiro atoms. The molecule has 2 heterocycles. The number of ketones is 1. The van der Waals surface area contributed by atoms with Gasteiger partial charge in [-0.2, -0.15) is 0 Å². The summed E-state index contributed by atoms with van der Waals surface area (Å²) in [6, 6.07) is 3.06. The standard InChI is InChI=1S/C19H22O6/c1-11-5-3-7-14(20)18-16(25-18)8-4-6-12-9-13(23-2)10-15(21)17(12)19(22)24-11/h4,6,9-11,16,18,21H,3,5,7-8H2,1-2H3/b6-4+. The minimum Gasteiger partial charge on any atom is -0.507 e. The molecule has 3 atom stereocenters. The first kappa shape index (κ1) is 17.5. The van der Waals surface area contributed by atoms with Crippen LogP contribution in [0.25, 0.3) is 6.08 Å². The first-order chi connectivity index (χ1) is 12.0. The number of Topliss-reactive ketones (excluding diaryl/α,β-unsaturated/α-hetero) is 1. The summed E-state index contributed by atoms with van der Waals surface area (Å²) >= 11 is 0. The maximum absolute atomic E-state index is 12.5. The lowest BCUT2D eigenvalue weighted by molar-refractivity contribution is -0.120. The number of carbonyl (C=O) groups excluding carboxylic acids is 2. The number of aromatic hydroxyl groups is 1. The number of esters is 1. The summed E-state index contributed by atoms with van der Waals surface area (Å²) in [4.78, 5) is 24.5. The SMILES string of the molecule is COc1cc(O)c2c(c1)/C=C/CC1OC1C(=O)CCCC(C)OC2=O. The normalized spacial score (nSPS) is 28.2. The molecule has 3 unspecified atom stereocenters. The van der Waals surface area contributed by atoms with Crippen LogP contribution in [0, 0.1) is 0 Å². The zero-order chi connectivity index (χ0) is 18.0. The van der Waals surface area contributed by atoms with Gasteiger partial charge in [0, 0.05) is 12.5 Å². The van der Waals surface area contributed by atoms with E-state index in [1.807, 2.05) is 6.08 Å². The zero-order valence-corrected chi connectivity index (χ0v) is 14.4. The number of benzene rings is 1. The number of carbonyl (C=O) groups is 2. The zero-order valence-electron chi connectivity index (χ0n) is 14.4. The Bertz CT molecular complexity index is 708. The Morgan fingerprint density at radius 1 is 1.28 bits per heavy atom. The van der Waals surface area contributed by atoms with E-state index in [4.69, 9.17) is 14.2 Å². The molecule has 6 heteroatoms. The lowest BCUT2D eigenvalue weighted by atomic mass is 10.0. The van der Waals surface area contributed by atoms with Crippen LogP contribution in [-0.4, -0.2) is 42.3 Å². The van der Waals surface area contributed by atoms with Gasteiger partial charge in [0.15, 0.2) is 5.78 Å². The second-order valence-electron chi connectivity index (χ2n) is 6.42. The van der Waals surface area contributed by atoms with E-state index in [1.165, 1.54) is 13.2 Å². The van der Waals surface area contributed by atoms with Crippen molar-refractivity contribution in [3.05, 3.63) is 29.3 Å². The lowest BCUT2D eigenvalue weighted by Crippen LogP contribution is -2.17. The second-order valence-corrected chi connectivity index (χ2v) is 6.42. The Kier molecular flexibility index (Phi) is 5.08. The van der Waals surface area contributed by atoms with Crippen molar-refractivity contribution in [3.8, 4) is 11.5 Å². The highest BCUT2D eigenvalue weighted by Gasteiger charge is 2.43. The van der Waals surface area contributed by atoms with Crippen molar-refractivity contribution in [3.63, 3.8) is 0 Å². The van der Waals surface area contributed by atoms with Gasteiger partial charge in [-0.25, -0.2) is 4.79 Å². The molecule has 0 bridgehead atoms. The molecule has 25 heavy (non-hydrogen) atoms. The van der Waals surface area contributed by atoms with Gasteiger partial charge in [-0.05, 0) is 37.8 Å². The number of cyclic esters (lactones) is 1. The van der Waals surface area contributed by atoms with Crippen LogP contribution in [0.2, 0.25) is 0 Å². The van der Waals surface area contributed by atoms with Crippen LogP contribution in [0.1, 0.15) is 48.5 Å². The molecule has 0 saturated carbocycles. The molecule has 1 aromatic rings. The molecule has 0 amide bonds. The fourth-order valence-corrected chi connectivity index (χ4v) is 3.03. The first-order valence-electron chi connectivity index (χ1n) is 8.46. The third-order valence-corrected chi connectivity index (χ3v) is 4.47. The number of phenolic OH excluding ortho intramolecular Hbond substituents is 1. The third-order valence-electron chi connectivity index (χ3n) is 4.47. The predicted molar refractivity (Wildman–Crippen MR) is 90.7 cm³/mol. The molecular formula is C19H22O6. The van der Waals surface area contributed by atoms with Crippen molar-refractivity contribution in [1.29, 1.82) is 0 Å². The highest BCUT2D eigenvalue weighted by atomic mass is 16.6. The Morgan fingerprint density at radius 2 is 2.08 bits per heavy atom. The van der Waals surface area contributed by atoms with Crippen molar-refractivity contribution in [2.75, 3.05) is 7.11 Å². The molecule has 1 aromatic carbocycles. The van der Waals surface area contributed by atoms with Crippen LogP contribution in [0.4, 0.5) is 0 Å². The Hall–Kier alpha value is -2.34. The summed E-state index contributed by atoms with van der Waals surface area (Å²) < 4.78 is 16.0. The summed E-state index contributed by atoms with van der Waals surface area (Å²) in [6.45, 7) is 1.78. The van der Waals surface area contributed by atoms with Crippen molar-refractivity contribution in [2.45, 2.75) is 50.9 Å². The predicted octanol–water partition coefficient (Wildman–Crippen LogP) is 2.87. The summed E-state index contributed by atoms with van der Waals surface area (Å²) in [5.41, 5.74) is 0.625. The molecule has 3 rings (SSSR count). The topological polar surface area (TPSA) is 85.4 Å². The number of fused-ring (bicyclic) bond motifs is 2. The second kappa shape index (κ2) is 7.27. The molecule has 134 valence electrons. The van der Waals surface area contributed by atoms with E-state index in [-0.39, 0.29) is 35.4 Å². The number of hydrogen-bond acceptors (Lipinski definition) is 6. The number of ether oxygens (including phenoxy) is 3. The molecule has 0 radical (unpaired) electrons.